The third kappa shape index (κ3) is 3.53. The van der Waals surface area contributed by atoms with Gasteiger partial charge in [-0.15, -0.1) is 0 Å². The molecular weight excluding hydrogens is 407 g/mol. The smallest absolute Gasteiger partial charge is 0.336 e. The maximum atomic E-state index is 12.3. The second-order valence-corrected chi connectivity index (χ2v) is 7.72. The van der Waals surface area contributed by atoms with E-state index in [1.807, 2.05) is 22.6 Å². The molecule has 2 unspecified atom stereocenters. The van der Waals surface area contributed by atoms with Crippen molar-refractivity contribution in [1.29, 1.82) is 5.26 Å². The first kappa shape index (κ1) is 16.2. The number of carbonyl (C=O) groups is 1. The number of hydrogen-bond acceptors (Lipinski definition) is 4. The molecule has 0 aromatic heterocycles. The average molecular weight is 420 g/mol. The van der Waals surface area contributed by atoms with Crippen LogP contribution in [0.4, 0.5) is 0 Å². The third-order valence-electron chi connectivity index (χ3n) is 3.47. The Bertz CT molecular complexity index is 711. The molecule has 0 radical (unpaired) electrons. The van der Waals surface area contributed by atoms with Crippen molar-refractivity contribution >= 4 is 38.6 Å². The van der Waals surface area contributed by atoms with Crippen LogP contribution in [-0.2, 0) is 10.0 Å². The number of hydrogen-bond donors (Lipinski definition) is 2. The minimum atomic E-state index is -3.83. The standard InChI is InChI=1S/C13H13IN2O4S/c14-11-5-4-9(6-10(11)13(17)18)21(19,20)16-12-3-1-2-8(12)7-15/h4-6,8,12,16H,1-3H2,(H,17,18). The van der Waals surface area contributed by atoms with Gasteiger partial charge in [-0.25, -0.2) is 17.9 Å². The number of aromatic carboxylic acids is 1. The molecule has 1 aliphatic carbocycles. The zero-order valence-corrected chi connectivity index (χ0v) is 13.9. The van der Waals surface area contributed by atoms with Crippen molar-refractivity contribution in [1.82, 2.24) is 4.72 Å². The van der Waals surface area contributed by atoms with Gasteiger partial charge in [0.05, 0.1) is 22.4 Å². The highest BCUT2D eigenvalue weighted by Crippen LogP contribution is 2.27. The van der Waals surface area contributed by atoms with Gasteiger partial charge in [0.25, 0.3) is 0 Å². The molecule has 21 heavy (non-hydrogen) atoms. The maximum absolute atomic E-state index is 12.3. The molecule has 0 amide bonds. The number of carboxylic acids is 1. The van der Waals surface area contributed by atoms with Crippen molar-refractivity contribution in [2.75, 3.05) is 0 Å². The number of nitrogens with zero attached hydrogens (tertiary/aromatic N) is 1. The summed E-state index contributed by atoms with van der Waals surface area (Å²) < 4.78 is 27.6. The number of carboxylic acid groups (broad SMARTS) is 1. The van der Waals surface area contributed by atoms with Crippen molar-refractivity contribution in [3.05, 3.63) is 27.3 Å². The van der Waals surface area contributed by atoms with E-state index in [0.29, 0.717) is 16.4 Å². The van der Waals surface area contributed by atoms with Gasteiger partial charge in [-0.3, -0.25) is 0 Å². The lowest BCUT2D eigenvalue weighted by molar-refractivity contribution is 0.0695. The van der Waals surface area contributed by atoms with Crippen LogP contribution in [0, 0.1) is 20.8 Å². The molecule has 6 nitrogen and oxygen atoms in total. The quantitative estimate of drug-likeness (QED) is 0.725. The first-order valence-electron chi connectivity index (χ1n) is 6.30. The van der Waals surface area contributed by atoms with Crippen LogP contribution in [-0.4, -0.2) is 25.5 Å². The van der Waals surface area contributed by atoms with Crippen LogP contribution in [0.15, 0.2) is 23.1 Å². The van der Waals surface area contributed by atoms with Gasteiger partial charge in [-0.2, -0.15) is 5.26 Å². The second-order valence-electron chi connectivity index (χ2n) is 4.84. The molecule has 0 saturated heterocycles. The Morgan fingerprint density at radius 3 is 2.76 bits per heavy atom. The van der Waals surface area contributed by atoms with Gasteiger partial charge in [0.15, 0.2) is 0 Å². The van der Waals surface area contributed by atoms with Crippen LogP contribution in [0.5, 0.6) is 0 Å². The summed E-state index contributed by atoms with van der Waals surface area (Å²) >= 11 is 1.84. The minimum Gasteiger partial charge on any atom is -0.478 e. The molecule has 0 aliphatic heterocycles. The van der Waals surface area contributed by atoms with Crippen LogP contribution in [0.3, 0.4) is 0 Å². The zero-order valence-electron chi connectivity index (χ0n) is 10.9. The van der Waals surface area contributed by atoms with Crippen LogP contribution in [0.25, 0.3) is 0 Å². The first-order chi connectivity index (χ1) is 9.85. The van der Waals surface area contributed by atoms with Crippen LogP contribution in [0.2, 0.25) is 0 Å². The lowest BCUT2D eigenvalue weighted by Crippen LogP contribution is -2.37. The third-order valence-corrected chi connectivity index (χ3v) is 5.90. The van der Waals surface area contributed by atoms with E-state index in [9.17, 15) is 13.2 Å². The summed E-state index contributed by atoms with van der Waals surface area (Å²) in [4.78, 5) is 11.0. The largest absolute Gasteiger partial charge is 0.478 e. The first-order valence-corrected chi connectivity index (χ1v) is 8.86. The monoisotopic (exact) mass is 420 g/mol. The molecule has 0 heterocycles. The van der Waals surface area contributed by atoms with Gasteiger partial charge in [0, 0.05) is 9.61 Å². The molecule has 1 aliphatic rings. The number of benzene rings is 1. The number of halogens is 1. The lowest BCUT2D eigenvalue weighted by atomic mass is 10.1. The average Bonchev–Trinajstić information content (AvgIpc) is 2.85. The fraction of sp³-hybridized carbons (Fsp3) is 0.385. The van der Waals surface area contributed by atoms with Crippen molar-refractivity contribution in [3.63, 3.8) is 0 Å². The summed E-state index contributed by atoms with van der Waals surface area (Å²) in [5.74, 6) is -1.50. The molecule has 0 spiro atoms. The molecule has 8 heteroatoms. The van der Waals surface area contributed by atoms with Gasteiger partial charge < -0.3 is 5.11 Å². The summed E-state index contributed by atoms with van der Waals surface area (Å²) in [5, 5.41) is 18.1. The Labute approximate surface area is 136 Å². The number of sulfonamides is 1. The maximum Gasteiger partial charge on any atom is 0.336 e. The summed E-state index contributed by atoms with van der Waals surface area (Å²) in [6, 6.07) is 5.66. The van der Waals surface area contributed by atoms with E-state index in [0.717, 1.165) is 12.5 Å². The molecule has 112 valence electrons. The SMILES string of the molecule is N#CC1CCCC1NS(=O)(=O)c1ccc(I)c(C(=O)O)c1. The topological polar surface area (TPSA) is 107 Å². The summed E-state index contributed by atoms with van der Waals surface area (Å²) in [7, 11) is -3.83. The summed E-state index contributed by atoms with van der Waals surface area (Å²) in [6.45, 7) is 0. The van der Waals surface area contributed by atoms with Gasteiger partial charge in [0.1, 0.15) is 0 Å². The van der Waals surface area contributed by atoms with Gasteiger partial charge in [0.2, 0.25) is 10.0 Å². The molecule has 1 fully saturated rings. The Kier molecular flexibility index (Phi) is 4.85. The summed E-state index contributed by atoms with van der Waals surface area (Å²) in [6.07, 6.45) is 2.10. The Morgan fingerprint density at radius 1 is 1.43 bits per heavy atom. The molecular formula is C13H13IN2O4S. The normalized spacial score (nSPS) is 21.9. The Morgan fingerprint density at radius 2 is 2.14 bits per heavy atom. The predicted molar refractivity (Wildman–Crippen MR) is 83.2 cm³/mol. The van der Waals surface area contributed by atoms with Crippen LogP contribution >= 0.6 is 22.6 Å². The summed E-state index contributed by atoms with van der Waals surface area (Å²) in [5.41, 5.74) is -0.0540. The second kappa shape index (κ2) is 6.29. The molecule has 1 saturated carbocycles. The van der Waals surface area contributed by atoms with E-state index in [2.05, 4.69) is 10.8 Å². The fourth-order valence-electron chi connectivity index (χ4n) is 2.36. The van der Waals surface area contributed by atoms with Crippen molar-refractivity contribution < 1.29 is 18.3 Å². The van der Waals surface area contributed by atoms with E-state index < -0.39 is 22.0 Å². The Balaban J connectivity index is 2.30. The highest BCUT2D eigenvalue weighted by Gasteiger charge is 2.31. The highest BCUT2D eigenvalue weighted by molar-refractivity contribution is 14.1. The van der Waals surface area contributed by atoms with Crippen molar-refractivity contribution in [2.45, 2.75) is 30.2 Å². The lowest BCUT2D eigenvalue weighted by Gasteiger charge is -2.16. The van der Waals surface area contributed by atoms with E-state index >= 15 is 0 Å². The predicted octanol–water partition coefficient (Wildman–Crippen LogP) is 1.96. The Hall–Kier alpha value is -1.18. The van der Waals surface area contributed by atoms with Crippen LogP contribution in [0.1, 0.15) is 29.6 Å². The molecule has 2 rings (SSSR count). The number of rotatable bonds is 4. The molecule has 1 aromatic rings. The van der Waals surface area contributed by atoms with Gasteiger partial charge in [-0.05, 0) is 53.6 Å². The van der Waals surface area contributed by atoms with Crippen molar-refractivity contribution in [3.8, 4) is 6.07 Å². The number of nitriles is 1. The van der Waals surface area contributed by atoms with Crippen LogP contribution < -0.4 is 4.72 Å². The van der Waals surface area contributed by atoms with Gasteiger partial charge >= 0.3 is 5.97 Å². The van der Waals surface area contributed by atoms with Crippen molar-refractivity contribution in [2.24, 2.45) is 5.92 Å². The zero-order chi connectivity index (χ0) is 15.6. The number of nitrogens with one attached hydrogen (secondary N) is 1. The van der Waals surface area contributed by atoms with E-state index in [4.69, 9.17) is 10.4 Å². The van der Waals surface area contributed by atoms with E-state index in [1.165, 1.54) is 12.1 Å². The molecule has 2 N–H and O–H groups in total. The van der Waals surface area contributed by atoms with E-state index in [-0.39, 0.29) is 16.4 Å². The van der Waals surface area contributed by atoms with Gasteiger partial charge in [-0.1, -0.05) is 6.42 Å². The molecule has 1 aromatic carbocycles. The molecule has 0 bridgehead atoms. The fourth-order valence-corrected chi connectivity index (χ4v) is 4.26. The molecule has 2 atom stereocenters. The minimum absolute atomic E-state index is 0.0540. The highest BCUT2D eigenvalue weighted by atomic mass is 127. The van der Waals surface area contributed by atoms with E-state index in [1.54, 1.807) is 0 Å².